The van der Waals surface area contributed by atoms with Crippen LogP contribution in [0.2, 0.25) is 0 Å². The normalized spacial score (nSPS) is 11.4. The molecule has 9 heteroatoms. The molecule has 5 heterocycles. The zero-order chi connectivity index (χ0) is 22.2. The highest BCUT2D eigenvalue weighted by Crippen LogP contribution is 2.34. The number of thioether (sulfide) groups is 1. The lowest BCUT2D eigenvalue weighted by Gasteiger charge is -2.11. The van der Waals surface area contributed by atoms with Gasteiger partial charge in [-0.25, -0.2) is 9.97 Å². The second-order valence-corrected chi connectivity index (χ2v) is 9.89. The molecule has 0 N–H and O–H groups in total. The molecule has 0 aliphatic heterocycles. The first-order valence-electron chi connectivity index (χ1n) is 9.84. The zero-order valence-corrected chi connectivity index (χ0v) is 19.6. The molecule has 0 unspecified atom stereocenters. The Labute approximate surface area is 195 Å². The van der Waals surface area contributed by atoms with Crippen molar-refractivity contribution >= 4 is 50.3 Å². The predicted molar refractivity (Wildman–Crippen MR) is 133 cm³/mol. The monoisotopic (exact) mass is 478 g/mol. The Kier molecular flexibility index (Phi) is 5.54. The van der Waals surface area contributed by atoms with E-state index in [1.165, 1.54) is 23.1 Å². The summed E-state index contributed by atoms with van der Waals surface area (Å²) in [5, 5.41) is 5.22. The maximum Gasteiger partial charge on any atom is 0.263 e. The van der Waals surface area contributed by atoms with Crippen LogP contribution in [0.1, 0.15) is 11.4 Å². The molecule has 160 valence electrons. The molecule has 5 aromatic rings. The fourth-order valence-corrected chi connectivity index (χ4v) is 6.30. The Balaban J connectivity index is 1.55. The second kappa shape index (κ2) is 8.50. The minimum Gasteiger partial charge on any atom is -0.283 e. The smallest absolute Gasteiger partial charge is 0.263 e. The average Bonchev–Trinajstić information content (AvgIpc) is 3.44. The summed E-state index contributed by atoms with van der Waals surface area (Å²) in [4.78, 5) is 37.2. The Morgan fingerprint density at radius 3 is 2.81 bits per heavy atom. The van der Waals surface area contributed by atoms with Gasteiger partial charge in [-0.3, -0.25) is 18.6 Å². The average molecular weight is 479 g/mol. The van der Waals surface area contributed by atoms with Crippen LogP contribution in [0.3, 0.4) is 0 Å². The maximum absolute atomic E-state index is 13.4. The summed E-state index contributed by atoms with van der Waals surface area (Å²) in [6, 6.07) is 11.1. The minimum absolute atomic E-state index is 0.0794. The molecule has 5 rings (SSSR count). The zero-order valence-electron chi connectivity index (χ0n) is 17.1. The van der Waals surface area contributed by atoms with Crippen molar-refractivity contribution < 1.29 is 0 Å². The maximum atomic E-state index is 13.4. The predicted octanol–water partition coefficient (Wildman–Crippen LogP) is 4.98. The lowest BCUT2D eigenvalue weighted by Crippen LogP contribution is -2.22. The molecule has 5 aromatic heterocycles. The van der Waals surface area contributed by atoms with Crippen LogP contribution in [0.4, 0.5) is 0 Å². The van der Waals surface area contributed by atoms with E-state index in [1.807, 2.05) is 48.0 Å². The fourth-order valence-electron chi connectivity index (χ4n) is 3.60. The van der Waals surface area contributed by atoms with Crippen LogP contribution in [0, 0.1) is 6.92 Å². The third-order valence-electron chi connectivity index (χ3n) is 5.04. The van der Waals surface area contributed by atoms with Gasteiger partial charge in [-0.1, -0.05) is 30.0 Å². The molecule has 0 spiro atoms. The van der Waals surface area contributed by atoms with E-state index >= 15 is 0 Å². The molecule has 0 saturated carbocycles. The van der Waals surface area contributed by atoms with Gasteiger partial charge in [0.25, 0.3) is 11.1 Å². The minimum atomic E-state index is -0.116. The number of fused-ring (bicyclic) bond motifs is 2. The van der Waals surface area contributed by atoms with Crippen LogP contribution < -0.4 is 11.1 Å². The molecule has 0 bridgehead atoms. The number of hydrogen-bond acceptors (Lipinski definition) is 7. The molecule has 0 aliphatic carbocycles. The van der Waals surface area contributed by atoms with Crippen LogP contribution >= 0.6 is 34.4 Å². The topological polar surface area (TPSA) is 69.3 Å². The van der Waals surface area contributed by atoms with Crippen LogP contribution in [0.5, 0.6) is 0 Å². The lowest BCUT2D eigenvalue weighted by atomic mass is 10.2. The van der Waals surface area contributed by atoms with E-state index in [0.717, 1.165) is 16.1 Å². The van der Waals surface area contributed by atoms with Crippen molar-refractivity contribution in [3.63, 3.8) is 0 Å². The Bertz CT molecular complexity index is 1580. The molecular weight excluding hydrogens is 460 g/mol. The van der Waals surface area contributed by atoms with Gasteiger partial charge in [-0.05, 0) is 30.5 Å². The van der Waals surface area contributed by atoms with Crippen molar-refractivity contribution in [2.45, 2.75) is 24.4 Å². The molecule has 0 aliphatic rings. The summed E-state index contributed by atoms with van der Waals surface area (Å²) in [5.74, 6) is 0.429. The first kappa shape index (κ1) is 20.9. The van der Waals surface area contributed by atoms with E-state index in [1.54, 1.807) is 32.4 Å². The van der Waals surface area contributed by atoms with Gasteiger partial charge >= 0.3 is 0 Å². The summed E-state index contributed by atoms with van der Waals surface area (Å²) in [6.45, 7) is 6.04. The van der Waals surface area contributed by atoms with Crippen molar-refractivity contribution in [2.75, 3.05) is 0 Å². The van der Waals surface area contributed by atoms with E-state index < -0.39 is 0 Å². The molecule has 6 nitrogen and oxygen atoms in total. The highest BCUT2D eigenvalue weighted by molar-refractivity contribution is 7.98. The second-order valence-electron chi connectivity index (χ2n) is 7.14. The standard InChI is InChI=1S/C23H18N4O2S3/c1-3-9-26-22(29)20-16(17-7-5-10-30-17)13-31-21(20)25-23(26)32-12-15-11-19(28)27-14(2)6-4-8-18(27)24-15/h3-8,10-11,13H,1,9,12H2,2H3. The van der Waals surface area contributed by atoms with Gasteiger partial charge in [0.2, 0.25) is 0 Å². The number of pyridine rings is 1. The van der Waals surface area contributed by atoms with Crippen molar-refractivity contribution in [1.29, 1.82) is 0 Å². The van der Waals surface area contributed by atoms with E-state index in [0.29, 0.717) is 39.0 Å². The van der Waals surface area contributed by atoms with Gasteiger partial charge in [-0.2, -0.15) is 0 Å². The van der Waals surface area contributed by atoms with Gasteiger partial charge in [0.1, 0.15) is 10.5 Å². The quantitative estimate of drug-likeness (QED) is 0.196. The fraction of sp³-hybridized carbons (Fsp3) is 0.130. The van der Waals surface area contributed by atoms with Crippen LogP contribution in [0.25, 0.3) is 26.3 Å². The largest absolute Gasteiger partial charge is 0.283 e. The number of aryl methyl sites for hydroxylation is 1. The van der Waals surface area contributed by atoms with Crippen molar-refractivity contribution in [3.8, 4) is 10.4 Å². The third kappa shape index (κ3) is 3.62. The highest BCUT2D eigenvalue weighted by Gasteiger charge is 2.18. The lowest BCUT2D eigenvalue weighted by molar-refractivity contribution is 0.673. The number of nitrogens with zero attached hydrogens (tertiary/aromatic N) is 4. The summed E-state index contributed by atoms with van der Waals surface area (Å²) in [6.07, 6.45) is 1.69. The van der Waals surface area contributed by atoms with E-state index in [4.69, 9.17) is 4.98 Å². The Hall–Kier alpha value is -3.01. The molecule has 0 fully saturated rings. The van der Waals surface area contributed by atoms with Gasteiger partial charge in [0.05, 0.1) is 11.1 Å². The molecule has 0 atom stereocenters. The molecule has 32 heavy (non-hydrogen) atoms. The van der Waals surface area contributed by atoms with Crippen LogP contribution in [-0.2, 0) is 12.3 Å². The number of rotatable bonds is 6. The molecular formula is C23H18N4O2S3. The van der Waals surface area contributed by atoms with Gasteiger partial charge in [0, 0.05) is 39.9 Å². The summed E-state index contributed by atoms with van der Waals surface area (Å²) in [5.41, 5.74) is 2.82. The molecule has 0 saturated heterocycles. The van der Waals surface area contributed by atoms with Gasteiger partial charge in [-0.15, -0.1) is 29.3 Å². The Morgan fingerprint density at radius 2 is 2.03 bits per heavy atom. The number of aromatic nitrogens is 4. The van der Waals surface area contributed by atoms with Crippen molar-refractivity contribution in [3.05, 3.63) is 91.9 Å². The Morgan fingerprint density at radius 1 is 1.16 bits per heavy atom. The van der Waals surface area contributed by atoms with Gasteiger partial charge < -0.3 is 0 Å². The molecule has 0 amide bonds. The van der Waals surface area contributed by atoms with Crippen molar-refractivity contribution in [1.82, 2.24) is 18.9 Å². The van der Waals surface area contributed by atoms with Crippen molar-refractivity contribution in [2.24, 2.45) is 0 Å². The number of thiophene rings is 2. The SMILES string of the molecule is C=CCn1c(SCc2cc(=O)n3c(C)cccc3n2)nc2scc(-c3cccs3)c2c1=O. The first-order chi connectivity index (χ1) is 15.6. The third-order valence-corrected chi connectivity index (χ3v) is 7.82. The summed E-state index contributed by atoms with van der Waals surface area (Å²) < 4.78 is 3.23. The summed E-state index contributed by atoms with van der Waals surface area (Å²) >= 11 is 4.47. The number of hydrogen-bond donors (Lipinski definition) is 0. The number of allylic oxidation sites excluding steroid dienone is 1. The van der Waals surface area contributed by atoms with E-state index in [2.05, 4.69) is 11.6 Å². The highest BCUT2D eigenvalue weighted by atomic mass is 32.2. The van der Waals surface area contributed by atoms with Crippen LogP contribution in [0.15, 0.2) is 74.6 Å². The molecule has 0 aromatic carbocycles. The summed E-state index contributed by atoms with van der Waals surface area (Å²) in [7, 11) is 0. The van der Waals surface area contributed by atoms with Crippen LogP contribution in [-0.4, -0.2) is 18.9 Å². The molecule has 0 radical (unpaired) electrons. The van der Waals surface area contributed by atoms with E-state index in [9.17, 15) is 9.59 Å². The first-order valence-corrected chi connectivity index (χ1v) is 12.6. The van der Waals surface area contributed by atoms with Gasteiger partial charge in [0.15, 0.2) is 5.16 Å². The van der Waals surface area contributed by atoms with E-state index in [-0.39, 0.29) is 11.1 Å².